The summed E-state index contributed by atoms with van der Waals surface area (Å²) in [6, 6.07) is 9.95. The van der Waals surface area contributed by atoms with Crippen LogP contribution in [0.15, 0.2) is 58.1 Å². The summed E-state index contributed by atoms with van der Waals surface area (Å²) in [5.41, 5.74) is -2.08. The smallest absolute Gasteiger partial charge is 0.425 e. The standard InChI is InChI=1S/C24H20F4N4O5/c1-30-19-18(20(33)32(22(30)34)13-23(35)9-10-23)31(12-14-5-7-15(25)8-6-14)21(29-19)36-16-3-2-4-17(11-16)37-24(26,27)28/h2-8,11,35H,9-10,12-13H2,1H3. The van der Waals surface area contributed by atoms with E-state index in [0.717, 1.165) is 21.3 Å². The van der Waals surface area contributed by atoms with Gasteiger partial charge in [0.2, 0.25) is 0 Å². The Morgan fingerprint density at radius 1 is 1.05 bits per heavy atom. The fraction of sp³-hybridized carbons (Fsp3) is 0.292. The van der Waals surface area contributed by atoms with Crippen LogP contribution in [0, 0.1) is 5.82 Å². The molecule has 37 heavy (non-hydrogen) atoms. The average Bonchev–Trinajstić information content (AvgIpc) is 3.45. The first kappa shape index (κ1) is 24.6. The molecule has 1 saturated carbocycles. The van der Waals surface area contributed by atoms with E-state index < -0.39 is 34.8 Å². The molecule has 4 aromatic rings. The lowest BCUT2D eigenvalue weighted by Gasteiger charge is -2.13. The maximum atomic E-state index is 13.5. The molecule has 0 unspecified atom stereocenters. The molecule has 1 aliphatic rings. The Hall–Kier alpha value is -4.13. The van der Waals surface area contributed by atoms with Gasteiger partial charge in [0.05, 0.1) is 18.7 Å². The normalized spacial score (nSPS) is 14.6. The minimum Gasteiger partial charge on any atom is -0.425 e. The van der Waals surface area contributed by atoms with E-state index >= 15 is 0 Å². The number of benzene rings is 2. The molecule has 1 N–H and O–H groups in total. The van der Waals surface area contributed by atoms with Crippen LogP contribution in [0.2, 0.25) is 0 Å². The van der Waals surface area contributed by atoms with Crippen LogP contribution in [0.1, 0.15) is 18.4 Å². The van der Waals surface area contributed by atoms with Gasteiger partial charge in [-0.3, -0.25) is 18.5 Å². The quantitative estimate of drug-likeness (QED) is 0.376. The van der Waals surface area contributed by atoms with Gasteiger partial charge in [-0.1, -0.05) is 18.2 Å². The topological polar surface area (TPSA) is 101 Å². The number of rotatable bonds is 7. The summed E-state index contributed by atoms with van der Waals surface area (Å²) < 4.78 is 64.6. The Labute approximate surface area is 205 Å². The van der Waals surface area contributed by atoms with Crippen molar-refractivity contribution < 1.29 is 32.1 Å². The van der Waals surface area contributed by atoms with Gasteiger partial charge in [0.25, 0.3) is 5.56 Å². The molecule has 194 valence electrons. The van der Waals surface area contributed by atoms with Crippen LogP contribution in [-0.4, -0.2) is 35.8 Å². The van der Waals surface area contributed by atoms with Crippen molar-refractivity contribution in [2.75, 3.05) is 0 Å². The van der Waals surface area contributed by atoms with E-state index in [1.165, 1.54) is 48.0 Å². The summed E-state index contributed by atoms with van der Waals surface area (Å²) in [4.78, 5) is 30.7. The van der Waals surface area contributed by atoms with Crippen LogP contribution in [-0.2, 0) is 20.1 Å². The van der Waals surface area contributed by atoms with Crippen LogP contribution >= 0.6 is 0 Å². The molecule has 1 fully saturated rings. The fourth-order valence-corrected chi connectivity index (χ4v) is 3.92. The van der Waals surface area contributed by atoms with E-state index in [-0.39, 0.29) is 36.0 Å². The zero-order valence-electron chi connectivity index (χ0n) is 19.3. The van der Waals surface area contributed by atoms with Gasteiger partial charge in [-0.05, 0) is 42.7 Å². The number of nitrogens with zero attached hydrogens (tertiary/aromatic N) is 4. The van der Waals surface area contributed by atoms with Crippen LogP contribution in [0.3, 0.4) is 0 Å². The molecule has 1 aliphatic carbocycles. The van der Waals surface area contributed by atoms with E-state index in [2.05, 4.69) is 9.72 Å². The predicted molar refractivity (Wildman–Crippen MR) is 122 cm³/mol. The zero-order valence-corrected chi connectivity index (χ0v) is 19.3. The van der Waals surface area contributed by atoms with E-state index in [1.807, 2.05) is 0 Å². The van der Waals surface area contributed by atoms with Crippen LogP contribution < -0.4 is 20.7 Å². The van der Waals surface area contributed by atoms with E-state index in [9.17, 15) is 32.3 Å². The van der Waals surface area contributed by atoms with Crippen molar-refractivity contribution in [3.8, 4) is 17.5 Å². The third-order valence-corrected chi connectivity index (χ3v) is 5.98. The van der Waals surface area contributed by atoms with Crippen molar-refractivity contribution in [1.82, 2.24) is 18.7 Å². The molecule has 2 aromatic carbocycles. The van der Waals surface area contributed by atoms with Crippen LogP contribution in [0.5, 0.6) is 17.5 Å². The Kier molecular flexibility index (Phi) is 5.82. The van der Waals surface area contributed by atoms with Gasteiger partial charge in [0, 0.05) is 13.1 Å². The lowest BCUT2D eigenvalue weighted by molar-refractivity contribution is -0.274. The molecule has 9 nitrogen and oxygen atoms in total. The highest BCUT2D eigenvalue weighted by Gasteiger charge is 2.42. The van der Waals surface area contributed by atoms with Gasteiger partial charge in [0.15, 0.2) is 11.2 Å². The van der Waals surface area contributed by atoms with Gasteiger partial charge in [0.1, 0.15) is 17.3 Å². The first-order valence-corrected chi connectivity index (χ1v) is 11.1. The maximum absolute atomic E-state index is 13.5. The van der Waals surface area contributed by atoms with E-state index in [0.29, 0.717) is 18.4 Å². The molecule has 2 heterocycles. The van der Waals surface area contributed by atoms with Gasteiger partial charge in [-0.2, -0.15) is 4.98 Å². The monoisotopic (exact) mass is 520 g/mol. The lowest BCUT2D eigenvalue weighted by Crippen LogP contribution is -2.42. The number of aromatic nitrogens is 4. The molecule has 0 atom stereocenters. The Bertz CT molecular complexity index is 1600. The Morgan fingerprint density at radius 3 is 2.38 bits per heavy atom. The first-order valence-electron chi connectivity index (χ1n) is 11.1. The Morgan fingerprint density at radius 2 is 1.73 bits per heavy atom. The fourth-order valence-electron chi connectivity index (χ4n) is 3.92. The van der Waals surface area contributed by atoms with Gasteiger partial charge < -0.3 is 14.6 Å². The van der Waals surface area contributed by atoms with Crippen molar-refractivity contribution in [3.05, 3.63) is 80.7 Å². The van der Waals surface area contributed by atoms with Crippen molar-refractivity contribution >= 4 is 11.2 Å². The SMILES string of the molecule is Cn1c(=O)n(CC2(O)CC2)c(=O)c2c1nc(Oc1cccc(OC(F)(F)F)c1)n2Cc1ccc(F)cc1. The van der Waals surface area contributed by atoms with E-state index in [1.54, 1.807) is 0 Å². The summed E-state index contributed by atoms with van der Waals surface area (Å²) in [6.45, 7) is -0.244. The highest BCUT2D eigenvalue weighted by molar-refractivity contribution is 5.72. The zero-order chi connectivity index (χ0) is 26.5. The number of alkyl halides is 3. The molecule has 0 bridgehead atoms. The molecule has 13 heteroatoms. The minimum atomic E-state index is -4.91. The molecule has 2 aromatic heterocycles. The second-order valence-electron chi connectivity index (χ2n) is 8.86. The predicted octanol–water partition coefficient (Wildman–Crippen LogP) is 3.30. The van der Waals surface area contributed by atoms with Crippen molar-refractivity contribution in [2.45, 2.75) is 37.9 Å². The summed E-state index contributed by atoms with van der Waals surface area (Å²) in [5.74, 6) is -1.08. The minimum absolute atomic E-state index is 0.0335. The van der Waals surface area contributed by atoms with Gasteiger partial charge in [-0.15, -0.1) is 13.2 Å². The first-order chi connectivity index (χ1) is 17.4. The number of fused-ring (bicyclic) bond motifs is 1. The highest BCUT2D eigenvalue weighted by Crippen LogP contribution is 2.36. The summed E-state index contributed by atoms with van der Waals surface area (Å²) >= 11 is 0. The number of halogens is 4. The molecule has 0 radical (unpaired) electrons. The number of aryl methyl sites for hydroxylation is 1. The maximum Gasteiger partial charge on any atom is 0.573 e. The second-order valence-corrected chi connectivity index (χ2v) is 8.86. The summed E-state index contributed by atoms with van der Waals surface area (Å²) in [6.07, 6.45) is -4.02. The molecule has 0 saturated heterocycles. The molecule has 5 rings (SSSR count). The largest absolute Gasteiger partial charge is 0.573 e. The average molecular weight is 520 g/mol. The number of imidazole rings is 1. The number of ether oxygens (including phenoxy) is 2. The van der Waals surface area contributed by atoms with Crippen LogP contribution in [0.4, 0.5) is 17.6 Å². The highest BCUT2D eigenvalue weighted by atomic mass is 19.4. The van der Waals surface area contributed by atoms with Crippen molar-refractivity contribution in [2.24, 2.45) is 7.05 Å². The van der Waals surface area contributed by atoms with E-state index in [4.69, 9.17) is 4.74 Å². The molecule has 0 amide bonds. The van der Waals surface area contributed by atoms with Crippen molar-refractivity contribution in [1.29, 1.82) is 0 Å². The van der Waals surface area contributed by atoms with Crippen LogP contribution in [0.25, 0.3) is 11.2 Å². The lowest BCUT2D eigenvalue weighted by atomic mass is 10.2. The number of hydrogen-bond donors (Lipinski definition) is 1. The second kappa shape index (κ2) is 8.76. The molecule has 0 spiro atoms. The molecular formula is C24H20F4N4O5. The van der Waals surface area contributed by atoms with Gasteiger partial charge >= 0.3 is 18.1 Å². The van der Waals surface area contributed by atoms with Crippen molar-refractivity contribution in [3.63, 3.8) is 0 Å². The molecular weight excluding hydrogens is 500 g/mol. The number of hydrogen-bond acceptors (Lipinski definition) is 6. The Balaban J connectivity index is 1.65. The number of aliphatic hydroxyl groups is 1. The molecule has 0 aliphatic heterocycles. The summed E-state index contributed by atoms with van der Waals surface area (Å²) in [5, 5.41) is 10.3. The third kappa shape index (κ3) is 5.07. The third-order valence-electron chi connectivity index (χ3n) is 5.98. The van der Waals surface area contributed by atoms with Gasteiger partial charge in [-0.25, -0.2) is 9.18 Å². The summed E-state index contributed by atoms with van der Waals surface area (Å²) in [7, 11) is 1.40.